The molecular weight excluding hydrogens is 172 g/mol. The second-order valence-electron chi connectivity index (χ2n) is 1.54. The fourth-order valence-corrected chi connectivity index (χ4v) is 0.221. The number of halogens is 4. The molecule has 0 saturated heterocycles. The molecule has 0 aromatic carbocycles. The minimum absolute atomic E-state index is 1.45. The predicted octanol–water partition coefficient (Wildman–Crippen LogP) is 0.946. The Morgan fingerprint density at radius 2 is 2.00 bits per heavy atom. The first-order valence-electron chi connectivity index (χ1n) is 2.38. The summed E-state index contributed by atoms with van der Waals surface area (Å²) in [5.41, 5.74) is 0. The van der Waals surface area contributed by atoms with Crippen LogP contribution in [0.25, 0.3) is 0 Å². The number of carboxylic acids is 1. The summed E-state index contributed by atoms with van der Waals surface area (Å²) in [6.45, 7) is -1.45. The lowest BCUT2D eigenvalue weighted by Crippen LogP contribution is -2.32. The maximum atomic E-state index is 11.7. The molecule has 0 amide bonds. The van der Waals surface area contributed by atoms with E-state index in [2.05, 4.69) is 4.74 Å². The van der Waals surface area contributed by atoms with E-state index in [1.54, 1.807) is 0 Å². The molecule has 66 valence electrons. The number of hydrogen-bond donors (Lipinski definition) is 1. The van der Waals surface area contributed by atoms with Crippen LogP contribution in [0.1, 0.15) is 0 Å². The molecule has 0 spiro atoms. The van der Waals surface area contributed by atoms with Crippen molar-refractivity contribution in [3.63, 3.8) is 0 Å². The zero-order valence-electron chi connectivity index (χ0n) is 5.06. The molecule has 11 heavy (non-hydrogen) atoms. The van der Waals surface area contributed by atoms with Crippen molar-refractivity contribution in [2.45, 2.75) is 12.5 Å². The summed E-state index contributed by atoms with van der Waals surface area (Å²) in [4.78, 5) is 9.57. The van der Waals surface area contributed by atoms with Crippen LogP contribution in [0.2, 0.25) is 0 Å². The van der Waals surface area contributed by atoms with Gasteiger partial charge in [-0.05, 0) is 0 Å². The van der Waals surface area contributed by atoms with Crippen LogP contribution in [0.4, 0.5) is 17.6 Å². The molecule has 0 unspecified atom stereocenters. The third kappa shape index (κ3) is 3.76. The highest BCUT2D eigenvalue weighted by molar-refractivity contribution is 5.68. The molecule has 0 radical (unpaired) electrons. The molecule has 7 heteroatoms. The van der Waals surface area contributed by atoms with Gasteiger partial charge in [-0.15, -0.1) is 0 Å². The smallest absolute Gasteiger partial charge is 0.417 e. The van der Waals surface area contributed by atoms with E-state index < -0.39 is 25.1 Å². The monoisotopic (exact) mass is 176 g/mol. The van der Waals surface area contributed by atoms with Crippen molar-refractivity contribution in [2.75, 3.05) is 6.61 Å². The van der Waals surface area contributed by atoms with Gasteiger partial charge in [0.15, 0.2) is 6.61 Å². The van der Waals surface area contributed by atoms with E-state index in [-0.39, 0.29) is 0 Å². The zero-order valence-corrected chi connectivity index (χ0v) is 5.06. The lowest BCUT2D eigenvalue weighted by atomic mass is 10.6. The second kappa shape index (κ2) is 3.51. The summed E-state index contributed by atoms with van der Waals surface area (Å²) in [6.07, 6.45) is -8.69. The average Bonchev–Trinajstić information content (AvgIpc) is 1.84. The van der Waals surface area contributed by atoms with E-state index in [4.69, 9.17) is 5.11 Å². The number of hydrogen-bond acceptors (Lipinski definition) is 2. The third-order valence-corrected chi connectivity index (χ3v) is 0.642. The maximum absolute atomic E-state index is 11.7. The number of ether oxygens (including phenoxy) is 1. The molecular formula is C4H4F4O3. The van der Waals surface area contributed by atoms with Gasteiger partial charge in [0, 0.05) is 0 Å². The molecule has 0 aliphatic heterocycles. The lowest BCUT2D eigenvalue weighted by Gasteiger charge is -2.13. The molecule has 0 bridgehead atoms. The maximum Gasteiger partial charge on any atom is 0.417 e. The Kier molecular flexibility index (Phi) is 3.24. The van der Waals surface area contributed by atoms with Crippen molar-refractivity contribution < 1.29 is 32.2 Å². The van der Waals surface area contributed by atoms with Gasteiger partial charge in [0.05, 0.1) is 0 Å². The highest BCUT2D eigenvalue weighted by Crippen LogP contribution is 2.23. The van der Waals surface area contributed by atoms with Crippen molar-refractivity contribution >= 4 is 5.97 Å². The molecule has 0 aliphatic rings. The molecule has 0 rings (SSSR count). The fourth-order valence-electron chi connectivity index (χ4n) is 0.221. The summed E-state index contributed by atoms with van der Waals surface area (Å²) in [6, 6.07) is 0. The van der Waals surface area contributed by atoms with E-state index in [1.807, 2.05) is 0 Å². The summed E-state index contributed by atoms with van der Waals surface area (Å²) < 4.78 is 48.8. The van der Waals surface area contributed by atoms with Crippen molar-refractivity contribution in [3.8, 4) is 0 Å². The SMILES string of the molecule is O=C(O)COC(F)(F)C(F)F. The summed E-state index contributed by atoms with van der Waals surface area (Å²) in [7, 11) is 0. The van der Waals surface area contributed by atoms with Crippen molar-refractivity contribution in [1.82, 2.24) is 0 Å². The lowest BCUT2D eigenvalue weighted by molar-refractivity contribution is -0.298. The Hall–Kier alpha value is -0.850. The largest absolute Gasteiger partial charge is 0.480 e. The van der Waals surface area contributed by atoms with Crippen LogP contribution in [0, 0.1) is 0 Å². The molecule has 0 saturated carbocycles. The normalized spacial score (nSPS) is 12.1. The number of aliphatic carboxylic acids is 1. The van der Waals surface area contributed by atoms with Gasteiger partial charge in [0.2, 0.25) is 0 Å². The van der Waals surface area contributed by atoms with Crippen LogP contribution in [0.5, 0.6) is 0 Å². The number of carbonyl (C=O) groups is 1. The first kappa shape index (κ1) is 10.2. The summed E-state index contributed by atoms with van der Waals surface area (Å²) in [5.74, 6) is -1.73. The average molecular weight is 176 g/mol. The van der Waals surface area contributed by atoms with Crippen LogP contribution in [-0.4, -0.2) is 30.2 Å². The van der Waals surface area contributed by atoms with E-state index in [1.165, 1.54) is 0 Å². The van der Waals surface area contributed by atoms with Crippen molar-refractivity contribution in [3.05, 3.63) is 0 Å². The molecule has 0 fully saturated rings. The van der Waals surface area contributed by atoms with Crippen LogP contribution < -0.4 is 0 Å². The van der Waals surface area contributed by atoms with E-state index in [0.29, 0.717) is 0 Å². The Morgan fingerprint density at radius 1 is 1.55 bits per heavy atom. The molecule has 1 N–H and O–H groups in total. The minimum Gasteiger partial charge on any atom is -0.480 e. The van der Waals surface area contributed by atoms with E-state index >= 15 is 0 Å². The van der Waals surface area contributed by atoms with Crippen molar-refractivity contribution in [2.24, 2.45) is 0 Å². The molecule has 3 nitrogen and oxygen atoms in total. The quantitative estimate of drug-likeness (QED) is 0.648. The molecule has 0 aliphatic carbocycles. The van der Waals surface area contributed by atoms with Gasteiger partial charge in [-0.3, -0.25) is 0 Å². The molecule has 0 aromatic heterocycles. The van der Waals surface area contributed by atoms with E-state index in [9.17, 15) is 22.4 Å². The third-order valence-electron chi connectivity index (χ3n) is 0.642. The standard InChI is InChI=1S/C4H4F4O3/c5-3(6)4(7,8)11-1-2(9)10/h3H,1H2,(H,9,10). The van der Waals surface area contributed by atoms with Crippen LogP contribution >= 0.6 is 0 Å². The number of alkyl halides is 4. The minimum atomic E-state index is -4.68. The predicted molar refractivity (Wildman–Crippen MR) is 24.5 cm³/mol. The van der Waals surface area contributed by atoms with Gasteiger partial charge in [0.25, 0.3) is 0 Å². The fraction of sp³-hybridized carbons (Fsp3) is 0.750. The molecule has 0 aromatic rings. The van der Waals surface area contributed by atoms with Gasteiger partial charge >= 0.3 is 18.5 Å². The van der Waals surface area contributed by atoms with Crippen LogP contribution in [0.15, 0.2) is 0 Å². The Labute approximate surface area is 58.6 Å². The first-order chi connectivity index (χ1) is 4.86. The molecule has 0 atom stereocenters. The number of carboxylic acid groups (broad SMARTS) is 1. The van der Waals surface area contributed by atoms with Crippen LogP contribution in [0.3, 0.4) is 0 Å². The highest BCUT2D eigenvalue weighted by atomic mass is 19.3. The summed E-state index contributed by atoms with van der Waals surface area (Å²) >= 11 is 0. The van der Waals surface area contributed by atoms with E-state index in [0.717, 1.165) is 0 Å². The zero-order chi connectivity index (χ0) is 9.07. The van der Waals surface area contributed by atoms with Gasteiger partial charge in [-0.25, -0.2) is 13.6 Å². The van der Waals surface area contributed by atoms with Crippen LogP contribution in [-0.2, 0) is 9.53 Å². The van der Waals surface area contributed by atoms with Crippen molar-refractivity contribution in [1.29, 1.82) is 0 Å². The second-order valence-corrected chi connectivity index (χ2v) is 1.54. The molecule has 0 heterocycles. The van der Waals surface area contributed by atoms with Gasteiger partial charge in [-0.2, -0.15) is 8.78 Å². The van der Waals surface area contributed by atoms with Gasteiger partial charge < -0.3 is 9.84 Å². The first-order valence-corrected chi connectivity index (χ1v) is 2.38. The Morgan fingerprint density at radius 3 is 2.27 bits per heavy atom. The van der Waals surface area contributed by atoms with Gasteiger partial charge in [-0.1, -0.05) is 0 Å². The Balaban J connectivity index is 3.82. The number of rotatable bonds is 4. The highest BCUT2D eigenvalue weighted by Gasteiger charge is 2.42. The topological polar surface area (TPSA) is 46.5 Å². The van der Waals surface area contributed by atoms with Gasteiger partial charge in [0.1, 0.15) is 0 Å². The summed E-state index contributed by atoms with van der Waals surface area (Å²) in [5, 5.41) is 7.76. The Bertz CT molecular complexity index is 146.